The summed E-state index contributed by atoms with van der Waals surface area (Å²) in [5.74, 6) is 1.14. The summed E-state index contributed by atoms with van der Waals surface area (Å²) < 4.78 is 5.70. The molecular weight excluding hydrogens is 246 g/mol. The number of ether oxygens (including phenoxy) is 1. The molecule has 0 heterocycles. The van der Waals surface area contributed by atoms with Crippen LogP contribution in [0.2, 0.25) is 5.02 Å². The first-order chi connectivity index (χ1) is 8.70. The highest BCUT2D eigenvalue weighted by atomic mass is 35.5. The van der Waals surface area contributed by atoms with Crippen molar-refractivity contribution in [3.05, 3.63) is 59.1 Å². The van der Waals surface area contributed by atoms with Crippen molar-refractivity contribution in [1.82, 2.24) is 0 Å². The summed E-state index contributed by atoms with van der Waals surface area (Å²) in [7, 11) is 0. The Labute approximate surface area is 111 Å². The van der Waals surface area contributed by atoms with Crippen molar-refractivity contribution in [2.24, 2.45) is 0 Å². The standard InChI is InChI=1S/C15H12ClNO/c1-11(10-17)12-5-4-6-13(9-12)18-15-8-3-2-7-14(15)16/h2-9,11H,1H3. The van der Waals surface area contributed by atoms with Gasteiger partial charge in [-0.05, 0) is 36.8 Å². The number of nitrogens with zero attached hydrogens (tertiary/aromatic N) is 1. The van der Waals surface area contributed by atoms with E-state index in [1.807, 2.05) is 49.4 Å². The molecule has 0 aliphatic carbocycles. The van der Waals surface area contributed by atoms with E-state index in [1.54, 1.807) is 6.07 Å². The number of para-hydroxylation sites is 1. The first-order valence-electron chi connectivity index (χ1n) is 5.62. The number of benzene rings is 2. The van der Waals surface area contributed by atoms with Crippen molar-refractivity contribution in [3.8, 4) is 17.6 Å². The number of hydrogen-bond donors (Lipinski definition) is 0. The molecule has 0 fully saturated rings. The zero-order valence-corrected chi connectivity index (χ0v) is 10.7. The maximum absolute atomic E-state index is 8.90. The summed E-state index contributed by atoms with van der Waals surface area (Å²) in [5, 5.41) is 9.47. The second kappa shape index (κ2) is 5.57. The fourth-order valence-corrected chi connectivity index (χ4v) is 1.75. The lowest BCUT2D eigenvalue weighted by Gasteiger charge is -2.09. The number of rotatable bonds is 3. The summed E-state index contributed by atoms with van der Waals surface area (Å²) in [6, 6.07) is 17.0. The molecule has 0 aliphatic rings. The Balaban J connectivity index is 2.26. The number of nitriles is 1. The predicted octanol–water partition coefficient (Wildman–Crippen LogP) is 4.76. The average Bonchev–Trinajstić information content (AvgIpc) is 2.41. The van der Waals surface area contributed by atoms with Gasteiger partial charge in [-0.1, -0.05) is 35.9 Å². The van der Waals surface area contributed by atoms with Crippen molar-refractivity contribution < 1.29 is 4.74 Å². The van der Waals surface area contributed by atoms with Gasteiger partial charge < -0.3 is 4.74 Å². The molecule has 1 atom stereocenters. The van der Waals surface area contributed by atoms with Crippen molar-refractivity contribution in [2.75, 3.05) is 0 Å². The molecule has 0 aliphatic heterocycles. The maximum Gasteiger partial charge on any atom is 0.146 e. The van der Waals surface area contributed by atoms with Gasteiger partial charge >= 0.3 is 0 Å². The molecule has 2 aromatic rings. The molecule has 0 saturated heterocycles. The SMILES string of the molecule is CC(C#N)c1cccc(Oc2ccccc2Cl)c1. The number of halogens is 1. The van der Waals surface area contributed by atoms with Crippen LogP contribution in [0.3, 0.4) is 0 Å². The lowest BCUT2D eigenvalue weighted by molar-refractivity contribution is 0.482. The van der Waals surface area contributed by atoms with Crippen LogP contribution in [-0.4, -0.2) is 0 Å². The minimum Gasteiger partial charge on any atom is -0.456 e. The minimum atomic E-state index is -0.153. The molecular formula is C15H12ClNO. The Morgan fingerprint density at radius 2 is 1.94 bits per heavy atom. The Morgan fingerprint density at radius 3 is 2.67 bits per heavy atom. The summed E-state index contributed by atoms with van der Waals surface area (Å²) in [6.07, 6.45) is 0. The van der Waals surface area contributed by atoms with Gasteiger partial charge in [0.05, 0.1) is 17.0 Å². The van der Waals surface area contributed by atoms with Gasteiger partial charge in [-0.2, -0.15) is 5.26 Å². The van der Waals surface area contributed by atoms with Crippen LogP contribution in [0.5, 0.6) is 11.5 Å². The van der Waals surface area contributed by atoms with Gasteiger partial charge in [0.2, 0.25) is 0 Å². The van der Waals surface area contributed by atoms with Gasteiger partial charge in [-0.3, -0.25) is 0 Å². The second-order valence-corrected chi connectivity index (χ2v) is 4.36. The van der Waals surface area contributed by atoms with Crippen molar-refractivity contribution in [1.29, 1.82) is 5.26 Å². The molecule has 3 heteroatoms. The monoisotopic (exact) mass is 257 g/mol. The lowest BCUT2D eigenvalue weighted by atomic mass is 10.0. The third kappa shape index (κ3) is 2.82. The van der Waals surface area contributed by atoms with Crippen molar-refractivity contribution in [3.63, 3.8) is 0 Å². The van der Waals surface area contributed by atoms with E-state index in [4.69, 9.17) is 21.6 Å². The van der Waals surface area contributed by atoms with Crippen molar-refractivity contribution in [2.45, 2.75) is 12.8 Å². The average molecular weight is 258 g/mol. The van der Waals surface area contributed by atoms with Gasteiger partial charge in [0.15, 0.2) is 0 Å². The Bertz CT molecular complexity index is 589. The largest absolute Gasteiger partial charge is 0.456 e. The maximum atomic E-state index is 8.90. The van der Waals surface area contributed by atoms with Crippen LogP contribution >= 0.6 is 11.6 Å². The van der Waals surface area contributed by atoms with Crippen LogP contribution < -0.4 is 4.74 Å². The fourth-order valence-electron chi connectivity index (χ4n) is 1.58. The molecule has 18 heavy (non-hydrogen) atoms. The van der Waals surface area contributed by atoms with Gasteiger partial charge in [0, 0.05) is 0 Å². The van der Waals surface area contributed by atoms with Gasteiger partial charge in [-0.25, -0.2) is 0 Å². The van der Waals surface area contributed by atoms with Crippen LogP contribution in [0, 0.1) is 11.3 Å². The van der Waals surface area contributed by atoms with Gasteiger partial charge in [0.25, 0.3) is 0 Å². The zero-order valence-electron chi connectivity index (χ0n) is 9.93. The third-order valence-corrected chi connectivity index (χ3v) is 2.93. The van der Waals surface area contributed by atoms with Crippen LogP contribution in [-0.2, 0) is 0 Å². The molecule has 0 saturated carbocycles. The van der Waals surface area contributed by atoms with E-state index in [9.17, 15) is 0 Å². The zero-order chi connectivity index (χ0) is 13.0. The Hall–Kier alpha value is -1.98. The van der Waals surface area contributed by atoms with E-state index in [0.29, 0.717) is 16.5 Å². The smallest absolute Gasteiger partial charge is 0.146 e. The highest BCUT2D eigenvalue weighted by molar-refractivity contribution is 6.32. The Kier molecular flexibility index (Phi) is 3.86. The molecule has 0 bridgehead atoms. The fraction of sp³-hybridized carbons (Fsp3) is 0.133. The third-order valence-electron chi connectivity index (χ3n) is 2.62. The molecule has 2 rings (SSSR count). The predicted molar refractivity (Wildman–Crippen MR) is 72.0 cm³/mol. The lowest BCUT2D eigenvalue weighted by Crippen LogP contribution is -1.91. The van der Waals surface area contributed by atoms with E-state index in [1.165, 1.54) is 0 Å². The first kappa shape index (κ1) is 12.5. The van der Waals surface area contributed by atoms with Gasteiger partial charge in [0.1, 0.15) is 11.5 Å². The van der Waals surface area contributed by atoms with E-state index in [0.717, 1.165) is 5.56 Å². The minimum absolute atomic E-state index is 0.153. The highest BCUT2D eigenvalue weighted by Crippen LogP contribution is 2.30. The van der Waals surface area contributed by atoms with Gasteiger partial charge in [-0.15, -0.1) is 0 Å². The molecule has 0 spiro atoms. The topological polar surface area (TPSA) is 33.0 Å². The molecule has 0 aromatic heterocycles. The summed E-state index contributed by atoms with van der Waals surface area (Å²) in [5.41, 5.74) is 0.932. The van der Waals surface area contributed by atoms with Crippen LogP contribution in [0.25, 0.3) is 0 Å². The molecule has 1 unspecified atom stereocenters. The van der Waals surface area contributed by atoms with Crippen LogP contribution in [0.4, 0.5) is 0 Å². The molecule has 2 aromatic carbocycles. The highest BCUT2D eigenvalue weighted by Gasteiger charge is 2.06. The van der Waals surface area contributed by atoms with Crippen LogP contribution in [0.15, 0.2) is 48.5 Å². The summed E-state index contributed by atoms with van der Waals surface area (Å²) in [6.45, 7) is 1.86. The molecule has 90 valence electrons. The second-order valence-electron chi connectivity index (χ2n) is 3.96. The Morgan fingerprint density at radius 1 is 1.17 bits per heavy atom. The van der Waals surface area contributed by atoms with E-state index in [2.05, 4.69) is 6.07 Å². The quantitative estimate of drug-likeness (QED) is 0.794. The normalized spacial score (nSPS) is 11.6. The van der Waals surface area contributed by atoms with Crippen LogP contribution in [0.1, 0.15) is 18.4 Å². The molecule has 2 nitrogen and oxygen atoms in total. The number of hydrogen-bond acceptors (Lipinski definition) is 2. The molecule has 0 amide bonds. The molecule has 0 N–H and O–H groups in total. The van der Waals surface area contributed by atoms with E-state index >= 15 is 0 Å². The molecule has 0 radical (unpaired) electrons. The van der Waals surface area contributed by atoms with Crippen molar-refractivity contribution >= 4 is 11.6 Å². The van der Waals surface area contributed by atoms with E-state index in [-0.39, 0.29) is 5.92 Å². The first-order valence-corrected chi connectivity index (χ1v) is 6.00. The summed E-state index contributed by atoms with van der Waals surface area (Å²) >= 11 is 6.03. The summed E-state index contributed by atoms with van der Waals surface area (Å²) in [4.78, 5) is 0. The van der Waals surface area contributed by atoms with E-state index < -0.39 is 0 Å².